The third kappa shape index (κ3) is 4.23. The smallest absolute Gasteiger partial charge is 0.279 e. The molecule has 8 heteroatoms. The fraction of sp³-hybridized carbons (Fsp3) is 0.889. The van der Waals surface area contributed by atoms with E-state index in [0.29, 0.717) is 19.6 Å². The summed E-state index contributed by atoms with van der Waals surface area (Å²) in [5, 5.41) is 3.14. The van der Waals surface area contributed by atoms with Crippen LogP contribution in [0.2, 0.25) is 0 Å². The van der Waals surface area contributed by atoms with Gasteiger partial charge in [0.2, 0.25) is 5.91 Å². The van der Waals surface area contributed by atoms with Gasteiger partial charge in [0.05, 0.1) is 6.54 Å². The number of nitrogens with zero attached hydrogens (tertiary/aromatic N) is 2. The largest absolute Gasteiger partial charge is 0.339 e. The third-order valence-electron chi connectivity index (χ3n) is 2.56. The molecule has 1 amide bonds. The lowest BCUT2D eigenvalue weighted by molar-refractivity contribution is -0.131. The summed E-state index contributed by atoms with van der Waals surface area (Å²) in [6.07, 6.45) is 0. The van der Waals surface area contributed by atoms with Gasteiger partial charge >= 0.3 is 0 Å². The summed E-state index contributed by atoms with van der Waals surface area (Å²) in [6, 6.07) is 0. The van der Waals surface area contributed by atoms with E-state index in [1.165, 1.54) is 7.05 Å². The van der Waals surface area contributed by atoms with Crippen LogP contribution in [0.4, 0.5) is 0 Å². The van der Waals surface area contributed by atoms with Crippen molar-refractivity contribution in [2.45, 2.75) is 6.92 Å². The van der Waals surface area contributed by atoms with Crippen molar-refractivity contribution in [3.8, 4) is 0 Å². The van der Waals surface area contributed by atoms with Crippen LogP contribution in [0.1, 0.15) is 6.92 Å². The Kier molecular flexibility index (Phi) is 5.31. The van der Waals surface area contributed by atoms with Crippen molar-refractivity contribution in [3.63, 3.8) is 0 Å². The summed E-state index contributed by atoms with van der Waals surface area (Å²) in [5.74, 6) is -0.157. The molecule has 1 fully saturated rings. The van der Waals surface area contributed by atoms with Gasteiger partial charge in [0.1, 0.15) is 0 Å². The van der Waals surface area contributed by atoms with Crippen LogP contribution in [-0.2, 0) is 15.0 Å². The fourth-order valence-electron chi connectivity index (χ4n) is 1.58. The number of hydrogen-bond donors (Lipinski definition) is 2. The molecule has 7 nitrogen and oxygen atoms in total. The van der Waals surface area contributed by atoms with Crippen molar-refractivity contribution < 1.29 is 13.2 Å². The Bertz CT molecular complexity index is 351. The molecule has 0 saturated carbocycles. The molecule has 1 saturated heterocycles. The number of hydrogen-bond acceptors (Lipinski definition) is 4. The first-order chi connectivity index (χ1) is 7.97. The van der Waals surface area contributed by atoms with Gasteiger partial charge in [-0.25, -0.2) is 4.72 Å². The van der Waals surface area contributed by atoms with Gasteiger partial charge < -0.3 is 10.2 Å². The number of carbonyl (C=O) groups is 1. The van der Waals surface area contributed by atoms with Crippen molar-refractivity contribution in [2.75, 3.05) is 46.3 Å². The Labute approximate surface area is 102 Å². The molecule has 1 aliphatic heterocycles. The molecule has 0 bridgehead atoms. The van der Waals surface area contributed by atoms with Gasteiger partial charge in [0.15, 0.2) is 0 Å². The molecule has 0 aliphatic carbocycles. The molecule has 0 radical (unpaired) electrons. The standard InChI is InChI=1S/C9H20N4O3S/c1-3-11-17(15,16)12(2)8-9(14)13-6-4-10-5-7-13/h10-11H,3-8H2,1-2H3. The third-order valence-corrected chi connectivity index (χ3v) is 4.17. The molecule has 100 valence electrons. The summed E-state index contributed by atoms with van der Waals surface area (Å²) in [7, 11) is -2.12. The van der Waals surface area contributed by atoms with Crippen molar-refractivity contribution in [3.05, 3.63) is 0 Å². The number of carbonyl (C=O) groups excluding carboxylic acids is 1. The van der Waals surface area contributed by atoms with Gasteiger partial charge in [-0.3, -0.25) is 4.79 Å². The first-order valence-corrected chi connectivity index (χ1v) is 7.11. The van der Waals surface area contributed by atoms with E-state index in [1.807, 2.05) is 0 Å². The molecule has 1 aliphatic rings. The van der Waals surface area contributed by atoms with E-state index in [-0.39, 0.29) is 12.5 Å². The van der Waals surface area contributed by atoms with Crippen LogP contribution < -0.4 is 10.0 Å². The highest BCUT2D eigenvalue weighted by Gasteiger charge is 2.23. The summed E-state index contributed by atoms with van der Waals surface area (Å²) in [6.45, 7) is 4.68. The van der Waals surface area contributed by atoms with Crippen LogP contribution in [0.3, 0.4) is 0 Å². The van der Waals surface area contributed by atoms with Crippen LogP contribution >= 0.6 is 0 Å². The highest BCUT2D eigenvalue weighted by Crippen LogP contribution is 1.98. The van der Waals surface area contributed by atoms with Gasteiger partial charge in [0, 0.05) is 39.8 Å². The van der Waals surface area contributed by atoms with Crippen LogP contribution in [0.5, 0.6) is 0 Å². The minimum Gasteiger partial charge on any atom is -0.339 e. The molecule has 0 spiro atoms. The number of rotatable bonds is 5. The van der Waals surface area contributed by atoms with Crippen LogP contribution in [0, 0.1) is 0 Å². The van der Waals surface area contributed by atoms with Gasteiger partial charge in [0.25, 0.3) is 10.2 Å². The summed E-state index contributed by atoms with van der Waals surface area (Å²) in [4.78, 5) is 13.5. The normalized spacial score (nSPS) is 17.5. The van der Waals surface area contributed by atoms with E-state index < -0.39 is 10.2 Å². The molecule has 17 heavy (non-hydrogen) atoms. The number of likely N-dealkylation sites (N-methyl/N-ethyl adjacent to an activating group) is 1. The zero-order valence-corrected chi connectivity index (χ0v) is 11.1. The van der Waals surface area contributed by atoms with E-state index in [2.05, 4.69) is 10.0 Å². The van der Waals surface area contributed by atoms with Gasteiger partial charge in [-0.05, 0) is 0 Å². The minimum absolute atomic E-state index is 0.116. The number of amides is 1. The minimum atomic E-state index is -3.52. The second-order valence-corrected chi connectivity index (χ2v) is 5.75. The van der Waals surface area contributed by atoms with Crippen LogP contribution in [0.15, 0.2) is 0 Å². The maximum absolute atomic E-state index is 11.8. The zero-order valence-electron chi connectivity index (χ0n) is 10.3. The molecular weight excluding hydrogens is 244 g/mol. The Hall–Kier alpha value is -0.700. The quantitative estimate of drug-likeness (QED) is 0.614. The zero-order chi connectivity index (χ0) is 12.9. The molecule has 0 aromatic rings. The van der Waals surface area contributed by atoms with Crippen LogP contribution in [-0.4, -0.2) is 69.8 Å². The lowest BCUT2D eigenvalue weighted by Gasteiger charge is -2.29. The Morgan fingerprint density at radius 2 is 2.00 bits per heavy atom. The maximum atomic E-state index is 11.8. The predicted molar refractivity (Wildman–Crippen MR) is 64.7 cm³/mol. The molecule has 1 heterocycles. The summed E-state index contributed by atoms with van der Waals surface area (Å²) in [5.41, 5.74) is 0. The molecule has 0 unspecified atom stereocenters. The van der Waals surface area contributed by atoms with Crippen LogP contribution in [0.25, 0.3) is 0 Å². The first kappa shape index (κ1) is 14.4. The summed E-state index contributed by atoms with van der Waals surface area (Å²) < 4.78 is 26.5. The van der Waals surface area contributed by atoms with Gasteiger partial charge in [-0.1, -0.05) is 6.92 Å². The van der Waals surface area contributed by atoms with E-state index in [1.54, 1.807) is 11.8 Å². The summed E-state index contributed by atoms with van der Waals surface area (Å²) >= 11 is 0. The Morgan fingerprint density at radius 1 is 1.41 bits per heavy atom. The van der Waals surface area contributed by atoms with E-state index in [4.69, 9.17) is 0 Å². The Balaban J connectivity index is 2.50. The highest BCUT2D eigenvalue weighted by atomic mass is 32.2. The number of piperazine rings is 1. The molecule has 0 aromatic heterocycles. The average molecular weight is 264 g/mol. The average Bonchev–Trinajstić information content (AvgIpc) is 2.30. The predicted octanol–water partition coefficient (Wildman–Crippen LogP) is -1.80. The lowest BCUT2D eigenvalue weighted by Crippen LogP contribution is -2.50. The maximum Gasteiger partial charge on any atom is 0.279 e. The van der Waals surface area contributed by atoms with Gasteiger partial charge in [-0.2, -0.15) is 12.7 Å². The van der Waals surface area contributed by atoms with Crippen molar-refractivity contribution in [2.24, 2.45) is 0 Å². The van der Waals surface area contributed by atoms with Crippen molar-refractivity contribution in [1.29, 1.82) is 0 Å². The SMILES string of the molecule is CCNS(=O)(=O)N(C)CC(=O)N1CCNCC1. The van der Waals surface area contributed by atoms with E-state index in [9.17, 15) is 13.2 Å². The molecule has 0 atom stereocenters. The molecular formula is C9H20N4O3S. The molecule has 2 N–H and O–H groups in total. The van der Waals surface area contributed by atoms with E-state index in [0.717, 1.165) is 17.4 Å². The van der Waals surface area contributed by atoms with Gasteiger partial charge in [-0.15, -0.1) is 0 Å². The Morgan fingerprint density at radius 3 is 2.53 bits per heavy atom. The lowest BCUT2D eigenvalue weighted by atomic mass is 10.3. The number of nitrogens with one attached hydrogen (secondary N) is 2. The fourth-order valence-corrected chi connectivity index (χ4v) is 2.45. The molecule has 1 rings (SSSR count). The van der Waals surface area contributed by atoms with Crippen molar-refractivity contribution in [1.82, 2.24) is 19.2 Å². The second kappa shape index (κ2) is 6.29. The molecule has 0 aromatic carbocycles. The van der Waals surface area contributed by atoms with E-state index >= 15 is 0 Å². The second-order valence-electron chi connectivity index (χ2n) is 3.89. The highest BCUT2D eigenvalue weighted by molar-refractivity contribution is 7.87. The van der Waals surface area contributed by atoms with Crippen molar-refractivity contribution >= 4 is 16.1 Å². The monoisotopic (exact) mass is 264 g/mol. The first-order valence-electron chi connectivity index (χ1n) is 5.66. The topological polar surface area (TPSA) is 81.8 Å².